The highest BCUT2D eigenvalue weighted by molar-refractivity contribution is 6.22. The molecule has 0 aliphatic carbocycles. The predicted octanol–water partition coefficient (Wildman–Crippen LogP) is 14.6. The standard InChI is InChI=1S/C52H34N2O/c1-2-20-42(21-3-1)54-48-25-8-6-23-44(48)46-32-39(27-28-49(46)54)37-17-11-15-35(30-37)34-14-10-16-36(29-34)38-18-12-19-41(31-38)53-47-33-40-13-4-5-22-43(40)51-45-24-7-9-26-50(45)55-52(47)51/h1-33,53H. The van der Waals surface area contributed by atoms with Crippen molar-refractivity contribution in [2.45, 2.75) is 0 Å². The molecular weight excluding hydrogens is 669 g/mol. The Kier molecular flexibility index (Phi) is 7.17. The molecule has 0 unspecified atom stereocenters. The fourth-order valence-corrected chi connectivity index (χ4v) is 8.36. The van der Waals surface area contributed by atoms with E-state index in [1.165, 1.54) is 60.5 Å². The maximum atomic E-state index is 6.48. The fraction of sp³-hybridized carbons (Fsp3) is 0. The van der Waals surface area contributed by atoms with Crippen LogP contribution < -0.4 is 5.32 Å². The van der Waals surface area contributed by atoms with Gasteiger partial charge in [-0.15, -0.1) is 0 Å². The first-order valence-electron chi connectivity index (χ1n) is 18.8. The van der Waals surface area contributed by atoms with Crippen LogP contribution in [0.4, 0.5) is 11.4 Å². The van der Waals surface area contributed by atoms with E-state index in [9.17, 15) is 0 Å². The zero-order chi connectivity index (χ0) is 36.3. The molecule has 0 aliphatic rings. The lowest BCUT2D eigenvalue weighted by atomic mass is 9.95. The Bertz CT molecular complexity index is 3240. The lowest BCUT2D eigenvalue weighted by Crippen LogP contribution is -1.92. The van der Waals surface area contributed by atoms with E-state index in [0.29, 0.717) is 0 Å². The molecule has 1 N–H and O–H groups in total. The molecule has 3 nitrogen and oxygen atoms in total. The molecule has 11 rings (SSSR count). The first-order valence-corrected chi connectivity index (χ1v) is 18.8. The molecule has 9 aromatic carbocycles. The van der Waals surface area contributed by atoms with Crippen molar-refractivity contribution < 1.29 is 4.42 Å². The third-order valence-corrected chi connectivity index (χ3v) is 10.9. The third-order valence-electron chi connectivity index (χ3n) is 10.9. The number of hydrogen-bond donors (Lipinski definition) is 1. The van der Waals surface area contributed by atoms with E-state index in [2.05, 4.69) is 198 Å². The van der Waals surface area contributed by atoms with E-state index >= 15 is 0 Å². The van der Waals surface area contributed by atoms with Crippen LogP contribution in [0.15, 0.2) is 205 Å². The van der Waals surface area contributed by atoms with Gasteiger partial charge in [0.25, 0.3) is 0 Å². The average Bonchev–Trinajstić information content (AvgIpc) is 3.81. The number of nitrogens with zero attached hydrogens (tertiary/aromatic N) is 1. The first kappa shape index (κ1) is 31.2. The molecule has 0 aliphatic heterocycles. The van der Waals surface area contributed by atoms with Crippen molar-refractivity contribution >= 4 is 65.9 Å². The van der Waals surface area contributed by atoms with Gasteiger partial charge in [-0.3, -0.25) is 0 Å². The summed E-state index contributed by atoms with van der Waals surface area (Å²) in [5.41, 5.74) is 14.4. The molecule has 258 valence electrons. The summed E-state index contributed by atoms with van der Waals surface area (Å²) < 4.78 is 8.84. The maximum absolute atomic E-state index is 6.48. The average molecular weight is 703 g/mol. The van der Waals surface area contributed by atoms with E-state index < -0.39 is 0 Å². The van der Waals surface area contributed by atoms with Gasteiger partial charge in [-0.25, -0.2) is 0 Å². The van der Waals surface area contributed by atoms with Crippen LogP contribution in [-0.2, 0) is 0 Å². The van der Waals surface area contributed by atoms with Crippen LogP contribution in [-0.4, -0.2) is 4.57 Å². The van der Waals surface area contributed by atoms with E-state index in [1.807, 2.05) is 12.1 Å². The predicted molar refractivity (Wildman–Crippen MR) is 232 cm³/mol. The monoisotopic (exact) mass is 702 g/mol. The van der Waals surface area contributed by atoms with Crippen molar-refractivity contribution in [3.8, 4) is 39.1 Å². The number of benzene rings is 9. The highest BCUT2D eigenvalue weighted by Gasteiger charge is 2.16. The summed E-state index contributed by atoms with van der Waals surface area (Å²) in [6.45, 7) is 0. The van der Waals surface area contributed by atoms with Crippen LogP contribution in [0.1, 0.15) is 0 Å². The molecule has 0 saturated carbocycles. The minimum Gasteiger partial charge on any atom is -0.454 e. The van der Waals surface area contributed by atoms with Crippen molar-refractivity contribution in [3.05, 3.63) is 200 Å². The zero-order valence-electron chi connectivity index (χ0n) is 29.9. The van der Waals surface area contributed by atoms with Gasteiger partial charge in [0, 0.05) is 32.9 Å². The number of anilines is 2. The Balaban J connectivity index is 0.937. The molecule has 0 saturated heterocycles. The molecule has 55 heavy (non-hydrogen) atoms. The van der Waals surface area contributed by atoms with Gasteiger partial charge in [-0.05, 0) is 111 Å². The smallest absolute Gasteiger partial charge is 0.159 e. The summed E-state index contributed by atoms with van der Waals surface area (Å²) >= 11 is 0. The SMILES string of the molecule is c1ccc(-n2c3ccccc3c3cc(-c4cccc(-c5cccc(-c6cccc(Nc7cc8ccccc8c8c7oc7ccccc78)c6)c5)c4)ccc32)cc1. The number of rotatable bonds is 6. The number of furan rings is 1. The van der Waals surface area contributed by atoms with E-state index in [0.717, 1.165) is 44.4 Å². The molecule has 0 fully saturated rings. The number of nitrogens with one attached hydrogen (secondary N) is 1. The highest BCUT2D eigenvalue weighted by Crippen LogP contribution is 2.41. The lowest BCUT2D eigenvalue weighted by Gasteiger charge is -2.12. The largest absolute Gasteiger partial charge is 0.454 e. The van der Waals surface area contributed by atoms with Crippen molar-refractivity contribution in [1.29, 1.82) is 0 Å². The number of fused-ring (bicyclic) bond motifs is 8. The van der Waals surface area contributed by atoms with Gasteiger partial charge in [0.15, 0.2) is 5.58 Å². The van der Waals surface area contributed by atoms with Gasteiger partial charge in [0.05, 0.1) is 16.7 Å². The molecule has 0 atom stereocenters. The summed E-state index contributed by atoms with van der Waals surface area (Å²) in [7, 11) is 0. The minimum atomic E-state index is 0.869. The summed E-state index contributed by atoms with van der Waals surface area (Å²) in [6.07, 6.45) is 0. The van der Waals surface area contributed by atoms with Crippen molar-refractivity contribution in [1.82, 2.24) is 4.57 Å². The second-order valence-electron chi connectivity index (χ2n) is 14.2. The summed E-state index contributed by atoms with van der Waals surface area (Å²) in [6, 6.07) is 71.6. The van der Waals surface area contributed by atoms with Gasteiger partial charge in [-0.1, -0.05) is 133 Å². The Labute approximate surface area is 318 Å². The second kappa shape index (κ2) is 12.6. The van der Waals surface area contributed by atoms with Crippen molar-refractivity contribution in [3.63, 3.8) is 0 Å². The van der Waals surface area contributed by atoms with Crippen LogP contribution >= 0.6 is 0 Å². The van der Waals surface area contributed by atoms with E-state index in [-0.39, 0.29) is 0 Å². The maximum Gasteiger partial charge on any atom is 0.159 e. The van der Waals surface area contributed by atoms with Gasteiger partial charge < -0.3 is 14.3 Å². The first-order chi connectivity index (χ1) is 27.2. The highest BCUT2D eigenvalue weighted by atomic mass is 16.3. The zero-order valence-corrected chi connectivity index (χ0v) is 29.9. The topological polar surface area (TPSA) is 30.1 Å². The molecule has 0 radical (unpaired) electrons. The van der Waals surface area contributed by atoms with Crippen LogP contribution in [0.5, 0.6) is 0 Å². The van der Waals surface area contributed by atoms with Crippen LogP contribution in [0.25, 0.3) is 93.6 Å². The molecule has 2 aromatic heterocycles. The minimum absolute atomic E-state index is 0.869. The Morgan fingerprint density at radius 2 is 0.964 bits per heavy atom. The molecular formula is C52H34N2O. The molecule has 2 heterocycles. The van der Waals surface area contributed by atoms with Crippen LogP contribution in [0, 0.1) is 0 Å². The molecule has 3 heteroatoms. The third kappa shape index (κ3) is 5.28. The summed E-state index contributed by atoms with van der Waals surface area (Å²) in [4.78, 5) is 0. The van der Waals surface area contributed by atoms with Gasteiger partial charge >= 0.3 is 0 Å². The number of aromatic nitrogens is 1. The molecule has 0 bridgehead atoms. The molecule has 0 spiro atoms. The van der Waals surface area contributed by atoms with E-state index in [1.54, 1.807) is 0 Å². The lowest BCUT2D eigenvalue weighted by molar-refractivity contribution is 0.670. The number of hydrogen-bond acceptors (Lipinski definition) is 2. The normalized spacial score (nSPS) is 11.6. The summed E-state index contributed by atoms with van der Waals surface area (Å²) in [5, 5.41) is 10.9. The van der Waals surface area contributed by atoms with Crippen LogP contribution in [0.2, 0.25) is 0 Å². The van der Waals surface area contributed by atoms with Gasteiger partial charge in [0.2, 0.25) is 0 Å². The van der Waals surface area contributed by atoms with Crippen LogP contribution in [0.3, 0.4) is 0 Å². The quantitative estimate of drug-likeness (QED) is 0.187. The molecule has 0 amide bonds. The Morgan fingerprint density at radius 1 is 0.382 bits per heavy atom. The van der Waals surface area contributed by atoms with E-state index in [4.69, 9.17) is 4.42 Å². The van der Waals surface area contributed by atoms with Gasteiger partial charge in [-0.2, -0.15) is 0 Å². The van der Waals surface area contributed by atoms with Crippen molar-refractivity contribution in [2.75, 3.05) is 5.32 Å². The molecule has 11 aromatic rings. The summed E-state index contributed by atoms with van der Waals surface area (Å²) in [5.74, 6) is 0. The Hall–Kier alpha value is -7.36. The number of para-hydroxylation sites is 3. The van der Waals surface area contributed by atoms with Gasteiger partial charge in [0.1, 0.15) is 5.58 Å². The second-order valence-corrected chi connectivity index (χ2v) is 14.2. The fourth-order valence-electron chi connectivity index (χ4n) is 8.36. The Morgan fingerprint density at radius 3 is 1.73 bits per heavy atom. The van der Waals surface area contributed by atoms with Crippen molar-refractivity contribution in [2.24, 2.45) is 0 Å².